The van der Waals surface area contributed by atoms with Crippen molar-refractivity contribution in [1.82, 2.24) is 5.32 Å². The predicted molar refractivity (Wildman–Crippen MR) is 90.6 cm³/mol. The summed E-state index contributed by atoms with van der Waals surface area (Å²) < 4.78 is 5.18. The highest BCUT2D eigenvalue weighted by Gasteiger charge is 2.25. The van der Waals surface area contributed by atoms with Gasteiger partial charge in [0.1, 0.15) is 5.76 Å². The number of hydrogen-bond acceptors (Lipinski definition) is 4. The maximum atomic E-state index is 12.0. The molecule has 0 aliphatic rings. The van der Waals surface area contributed by atoms with Crippen LogP contribution in [-0.4, -0.2) is 29.1 Å². The normalized spacial score (nSPS) is 13.2. The average molecular weight is 330 g/mol. The lowest BCUT2D eigenvalue weighted by Crippen LogP contribution is -2.45. The molecule has 6 nitrogen and oxygen atoms in total. The average Bonchev–Trinajstić information content (AvgIpc) is 3.00. The lowest BCUT2D eigenvalue weighted by atomic mass is 10.0. The zero-order chi connectivity index (χ0) is 17.7. The first kappa shape index (κ1) is 17.7. The van der Waals surface area contributed by atoms with E-state index >= 15 is 0 Å². The maximum absolute atomic E-state index is 12.0. The van der Waals surface area contributed by atoms with E-state index in [1.165, 1.54) is 6.26 Å². The third-order valence-corrected chi connectivity index (χ3v) is 3.69. The van der Waals surface area contributed by atoms with Gasteiger partial charge in [-0.15, -0.1) is 0 Å². The SMILES string of the molecule is Cc1cccc(C)c1NC(=O)C(=O)NCC(C)(O)Cc1ccco1. The number of aliphatic hydroxyl groups is 1. The first-order chi connectivity index (χ1) is 11.3. The number of amides is 2. The van der Waals surface area contributed by atoms with Gasteiger partial charge in [0.2, 0.25) is 0 Å². The molecule has 1 aromatic carbocycles. The van der Waals surface area contributed by atoms with Crippen LogP contribution in [0.4, 0.5) is 5.69 Å². The van der Waals surface area contributed by atoms with Crippen LogP contribution in [0, 0.1) is 13.8 Å². The van der Waals surface area contributed by atoms with Gasteiger partial charge in [0.05, 0.1) is 11.9 Å². The summed E-state index contributed by atoms with van der Waals surface area (Å²) in [5, 5.41) is 15.3. The summed E-state index contributed by atoms with van der Waals surface area (Å²) in [6, 6.07) is 9.06. The highest BCUT2D eigenvalue weighted by Crippen LogP contribution is 2.19. The van der Waals surface area contributed by atoms with Gasteiger partial charge < -0.3 is 20.2 Å². The molecule has 0 saturated heterocycles. The molecule has 0 aliphatic heterocycles. The van der Waals surface area contributed by atoms with Gasteiger partial charge in [0.25, 0.3) is 0 Å². The van der Waals surface area contributed by atoms with Crippen LogP contribution < -0.4 is 10.6 Å². The third kappa shape index (κ3) is 4.70. The van der Waals surface area contributed by atoms with Crippen LogP contribution in [0.25, 0.3) is 0 Å². The van der Waals surface area contributed by atoms with Crippen molar-refractivity contribution in [2.45, 2.75) is 32.8 Å². The first-order valence-electron chi connectivity index (χ1n) is 7.69. The summed E-state index contributed by atoms with van der Waals surface area (Å²) in [7, 11) is 0. The summed E-state index contributed by atoms with van der Waals surface area (Å²) in [4.78, 5) is 24.0. The van der Waals surface area contributed by atoms with Crippen LogP contribution in [0.5, 0.6) is 0 Å². The molecule has 0 radical (unpaired) electrons. The number of carbonyl (C=O) groups is 2. The smallest absolute Gasteiger partial charge is 0.313 e. The zero-order valence-corrected chi connectivity index (χ0v) is 14.1. The summed E-state index contributed by atoms with van der Waals surface area (Å²) in [5.74, 6) is -0.951. The number of nitrogens with one attached hydrogen (secondary N) is 2. The molecule has 24 heavy (non-hydrogen) atoms. The van der Waals surface area contributed by atoms with Gasteiger partial charge in [-0.3, -0.25) is 9.59 Å². The summed E-state index contributed by atoms with van der Waals surface area (Å²) in [5.41, 5.74) is 1.16. The second-order valence-corrected chi connectivity index (χ2v) is 6.16. The fraction of sp³-hybridized carbons (Fsp3) is 0.333. The predicted octanol–water partition coefficient (Wildman–Crippen LogP) is 1.94. The minimum Gasteiger partial charge on any atom is -0.469 e. The van der Waals surface area contributed by atoms with E-state index in [1.807, 2.05) is 32.0 Å². The zero-order valence-electron chi connectivity index (χ0n) is 14.1. The molecule has 1 atom stereocenters. The van der Waals surface area contributed by atoms with E-state index in [9.17, 15) is 14.7 Å². The molecule has 1 aromatic heterocycles. The van der Waals surface area contributed by atoms with Gasteiger partial charge in [-0.05, 0) is 44.0 Å². The van der Waals surface area contributed by atoms with Gasteiger partial charge >= 0.3 is 11.8 Å². The Balaban J connectivity index is 1.91. The van der Waals surface area contributed by atoms with Crippen LogP contribution in [0.15, 0.2) is 41.0 Å². The van der Waals surface area contributed by atoms with Crippen LogP contribution in [0.1, 0.15) is 23.8 Å². The van der Waals surface area contributed by atoms with Gasteiger partial charge in [-0.25, -0.2) is 0 Å². The Bertz CT molecular complexity index is 700. The lowest BCUT2D eigenvalue weighted by molar-refractivity contribution is -0.136. The Morgan fingerprint density at radius 2 is 1.79 bits per heavy atom. The van der Waals surface area contributed by atoms with Gasteiger partial charge in [-0.2, -0.15) is 0 Å². The molecule has 2 amide bonds. The van der Waals surface area contributed by atoms with Crippen molar-refractivity contribution in [1.29, 1.82) is 0 Å². The van der Waals surface area contributed by atoms with E-state index < -0.39 is 17.4 Å². The number of benzene rings is 1. The lowest BCUT2D eigenvalue weighted by Gasteiger charge is -2.22. The fourth-order valence-corrected chi connectivity index (χ4v) is 2.38. The Morgan fingerprint density at radius 1 is 1.12 bits per heavy atom. The number of rotatable bonds is 5. The Hall–Kier alpha value is -2.60. The van der Waals surface area contributed by atoms with E-state index in [1.54, 1.807) is 19.1 Å². The number of para-hydroxylation sites is 1. The number of anilines is 1. The van der Waals surface area contributed by atoms with E-state index in [4.69, 9.17) is 4.42 Å². The van der Waals surface area contributed by atoms with Crippen LogP contribution in [0.2, 0.25) is 0 Å². The van der Waals surface area contributed by atoms with E-state index in [2.05, 4.69) is 10.6 Å². The van der Waals surface area contributed by atoms with Crippen molar-refractivity contribution in [2.24, 2.45) is 0 Å². The number of carbonyl (C=O) groups excluding carboxylic acids is 2. The minimum absolute atomic E-state index is 0.0628. The molecule has 128 valence electrons. The van der Waals surface area contributed by atoms with Crippen molar-refractivity contribution in [3.05, 3.63) is 53.5 Å². The van der Waals surface area contributed by atoms with Crippen molar-refractivity contribution in [3.63, 3.8) is 0 Å². The number of hydrogen-bond donors (Lipinski definition) is 3. The van der Waals surface area contributed by atoms with Gasteiger partial charge in [-0.1, -0.05) is 18.2 Å². The van der Waals surface area contributed by atoms with Crippen LogP contribution in [0.3, 0.4) is 0 Å². The van der Waals surface area contributed by atoms with Crippen LogP contribution in [-0.2, 0) is 16.0 Å². The molecule has 3 N–H and O–H groups in total. The first-order valence-corrected chi connectivity index (χ1v) is 7.69. The topological polar surface area (TPSA) is 91.6 Å². The van der Waals surface area contributed by atoms with Crippen molar-refractivity contribution in [3.8, 4) is 0 Å². The fourth-order valence-electron chi connectivity index (χ4n) is 2.38. The quantitative estimate of drug-likeness (QED) is 0.731. The molecule has 0 aliphatic carbocycles. The standard InChI is InChI=1S/C18H22N2O4/c1-12-6-4-7-13(2)15(12)20-17(22)16(21)19-11-18(3,23)10-14-8-5-9-24-14/h4-9,23H,10-11H2,1-3H3,(H,19,21)(H,20,22). The molecule has 0 saturated carbocycles. The second kappa shape index (κ2) is 7.31. The van der Waals surface area contributed by atoms with Crippen molar-refractivity contribution < 1.29 is 19.1 Å². The molecule has 0 spiro atoms. The molecule has 1 unspecified atom stereocenters. The highest BCUT2D eigenvalue weighted by atomic mass is 16.3. The molecular weight excluding hydrogens is 308 g/mol. The molecule has 6 heteroatoms. The summed E-state index contributed by atoms with van der Waals surface area (Å²) in [6.45, 7) is 5.22. The summed E-state index contributed by atoms with van der Waals surface area (Å²) in [6.07, 6.45) is 1.75. The monoisotopic (exact) mass is 330 g/mol. The van der Waals surface area contributed by atoms with Gasteiger partial charge in [0.15, 0.2) is 0 Å². The molecular formula is C18H22N2O4. The van der Waals surface area contributed by atoms with Crippen molar-refractivity contribution in [2.75, 3.05) is 11.9 Å². The van der Waals surface area contributed by atoms with E-state index in [0.29, 0.717) is 11.4 Å². The second-order valence-electron chi connectivity index (χ2n) is 6.16. The van der Waals surface area contributed by atoms with E-state index in [0.717, 1.165) is 11.1 Å². The Morgan fingerprint density at radius 3 is 2.38 bits per heavy atom. The summed E-state index contributed by atoms with van der Waals surface area (Å²) >= 11 is 0. The largest absolute Gasteiger partial charge is 0.469 e. The minimum atomic E-state index is -1.22. The number of furan rings is 1. The van der Waals surface area contributed by atoms with Crippen molar-refractivity contribution >= 4 is 17.5 Å². The maximum Gasteiger partial charge on any atom is 0.313 e. The Kier molecular flexibility index (Phi) is 5.41. The Labute approximate surface area is 140 Å². The van der Waals surface area contributed by atoms with Crippen LogP contribution >= 0.6 is 0 Å². The molecule has 2 aromatic rings. The van der Waals surface area contributed by atoms with E-state index in [-0.39, 0.29) is 13.0 Å². The third-order valence-electron chi connectivity index (χ3n) is 3.69. The molecule has 1 heterocycles. The molecule has 0 fully saturated rings. The number of aryl methyl sites for hydroxylation is 2. The molecule has 0 bridgehead atoms. The highest BCUT2D eigenvalue weighted by molar-refractivity contribution is 6.39. The molecule has 2 rings (SSSR count). The van der Waals surface area contributed by atoms with Gasteiger partial charge in [0, 0.05) is 18.7 Å².